The number of hydrogen-bond donors (Lipinski definition) is 1. The lowest BCUT2D eigenvalue weighted by atomic mass is 10.0. The van der Waals surface area contributed by atoms with E-state index in [1.54, 1.807) is 24.3 Å². The smallest absolute Gasteiger partial charge is 0.243 e. The quantitative estimate of drug-likeness (QED) is 0.704. The van der Waals surface area contributed by atoms with Crippen LogP contribution < -0.4 is 10.1 Å². The third-order valence-corrected chi connectivity index (χ3v) is 7.61. The summed E-state index contributed by atoms with van der Waals surface area (Å²) in [5.74, 6) is 0.105. The summed E-state index contributed by atoms with van der Waals surface area (Å²) < 4.78 is 45.9. The van der Waals surface area contributed by atoms with Crippen molar-refractivity contribution in [2.45, 2.75) is 29.8 Å². The predicted molar refractivity (Wildman–Crippen MR) is 114 cm³/mol. The van der Waals surface area contributed by atoms with E-state index in [4.69, 9.17) is 4.74 Å². The van der Waals surface area contributed by atoms with Gasteiger partial charge < -0.3 is 10.1 Å². The second-order valence-corrected chi connectivity index (χ2v) is 9.79. The average molecular weight is 448 g/mol. The van der Waals surface area contributed by atoms with Gasteiger partial charge >= 0.3 is 0 Å². The first-order valence-corrected chi connectivity index (χ1v) is 11.8. The second kappa shape index (κ2) is 8.94. The molecule has 2 aromatic carbocycles. The van der Waals surface area contributed by atoms with Crippen LogP contribution in [0.3, 0.4) is 0 Å². The maximum atomic E-state index is 13.4. The SMILES string of the molecule is COc1ccc(S(=O)(=O)N2CCN(C(C(=O)NC3CC3)c3ccc(F)cc3)CC2)cc1. The average Bonchev–Trinajstić information content (AvgIpc) is 3.59. The van der Waals surface area contributed by atoms with Gasteiger partial charge in [-0.1, -0.05) is 12.1 Å². The number of nitrogens with one attached hydrogen (secondary N) is 1. The Balaban J connectivity index is 1.48. The lowest BCUT2D eigenvalue weighted by Crippen LogP contribution is -2.52. The van der Waals surface area contributed by atoms with Crippen molar-refractivity contribution in [3.8, 4) is 5.75 Å². The minimum atomic E-state index is -3.63. The summed E-state index contributed by atoms with van der Waals surface area (Å²) in [6.45, 7) is 1.33. The molecule has 2 aromatic rings. The van der Waals surface area contributed by atoms with E-state index in [-0.39, 0.29) is 35.8 Å². The second-order valence-electron chi connectivity index (χ2n) is 7.85. The van der Waals surface area contributed by atoms with E-state index in [0.717, 1.165) is 12.8 Å². The van der Waals surface area contributed by atoms with Gasteiger partial charge in [-0.3, -0.25) is 9.69 Å². The first-order valence-electron chi connectivity index (χ1n) is 10.3. The van der Waals surface area contributed by atoms with Crippen LogP contribution >= 0.6 is 0 Å². The highest BCUT2D eigenvalue weighted by molar-refractivity contribution is 7.89. The molecule has 1 aliphatic heterocycles. The number of rotatable bonds is 7. The van der Waals surface area contributed by atoms with Crippen LogP contribution in [-0.2, 0) is 14.8 Å². The first-order chi connectivity index (χ1) is 14.9. The van der Waals surface area contributed by atoms with E-state index in [1.165, 1.54) is 35.7 Å². The third-order valence-electron chi connectivity index (χ3n) is 5.69. The van der Waals surface area contributed by atoms with E-state index in [9.17, 15) is 17.6 Å². The van der Waals surface area contributed by atoms with Gasteiger partial charge in [0.2, 0.25) is 15.9 Å². The molecule has 1 heterocycles. The largest absolute Gasteiger partial charge is 0.497 e. The summed E-state index contributed by atoms with van der Waals surface area (Å²) in [4.78, 5) is 15.1. The summed E-state index contributed by atoms with van der Waals surface area (Å²) in [5, 5.41) is 3.02. The molecule has 2 fully saturated rings. The lowest BCUT2D eigenvalue weighted by molar-refractivity contribution is -0.127. The van der Waals surface area contributed by atoms with E-state index in [2.05, 4.69) is 5.32 Å². The molecule has 0 bridgehead atoms. The van der Waals surface area contributed by atoms with Gasteiger partial charge in [0.05, 0.1) is 12.0 Å². The molecule has 1 N–H and O–H groups in total. The summed E-state index contributed by atoms with van der Waals surface area (Å²) in [6.07, 6.45) is 1.94. The molecule has 31 heavy (non-hydrogen) atoms. The summed E-state index contributed by atoms with van der Waals surface area (Å²) >= 11 is 0. The van der Waals surface area contributed by atoms with E-state index in [0.29, 0.717) is 24.4 Å². The molecule has 7 nitrogen and oxygen atoms in total. The van der Waals surface area contributed by atoms with Crippen molar-refractivity contribution in [1.29, 1.82) is 0 Å². The molecule has 1 saturated heterocycles. The number of methoxy groups -OCH3 is 1. The molecule has 1 aliphatic carbocycles. The number of hydrogen-bond acceptors (Lipinski definition) is 5. The van der Waals surface area contributed by atoms with Crippen molar-refractivity contribution in [2.24, 2.45) is 0 Å². The molecule has 0 spiro atoms. The number of piperazine rings is 1. The van der Waals surface area contributed by atoms with Crippen LogP contribution in [0.4, 0.5) is 4.39 Å². The maximum absolute atomic E-state index is 13.4. The van der Waals surface area contributed by atoms with E-state index < -0.39 is 16.1 Å². The molecule has 166 valence electrons. The van der Waals surface area contributed by atoms with Gasteiger partial charge in [0.15, 0.2) is 0 Å². The van der Waals surface area contributed by atoms with Gasteiger partial charge in [0, 0.05) is 32.2 Å². The standard InChI is InChI=1S/C22H26FN3O4S/c1-30-19-8-10-20(11-9-19)31(28,29)26-14-12-25(13-15-26)21(22(27)24-18-6-7-18)16-2-4-17(23)5-3-16/h2-5,8-11,18,21H,6-7,12-15H2,1H3,(H,24,27). The summed E-state index contributed by atoms with van der Waals surface area (Å²) in [7, 11) is -2.11. The fourth-order valence-electron chi connectivity index (χ4n) is 3.78. The fourth-order valence-corrected chi connectivity index (χ4v) is 5.20. The van der Waals surface area contributed by atoms with Crippen LogP contribution in [0, 0.1) is 5.82 Å². The predicted octanol–water partition coefficient (Wildman–Crippen LogP) is 2.16. The van der Waals surface area contributed by atoms with Crippen LogP contribution in [-0.4, -0.2) is 62.9 Å². The maximum Gasteiger partial charge on any atom is 0.243 e. The van der Waals surface area contributed by atoms with Crippen LogP contribution in [0.2, 0.25) is 0 Å². The highest BCUT2D eigenvalue weighted by Gasteiger charge is 2.36. The molecule has 1 atom stereocenters. The van der Waals surface area contributed by atoms with Gasteiger partial charge in [0.25, 0.3) is 0 Å². The zero-order valence-electron chi connectivity index (χ0n) is 17.3. The number of carbonyl (C=O) groups is 1. The molecule has 0 aromatic heterocycles. The Morgan fingerprint density at radius 2 is 1.65 bits per heavy atom. The normalized spacial score (nSPS) is 19.0. The summed E-state index contributed by atoms with van der Waals surface area (Å²) in [6, 6.07) is 11.9. The van der Waals surface area contributed by atoms with Crippen molar-refractivity contribution in [2.75, 3.05) is 33.3 Å². The van der Waals surface area contributed by atoms with Crippen molar-refractivity contribution in [1.82, 2.24) is 14.5 Å². The molecule has 1 saturated carbocycles. The molecule has 1 amide bonds. The van der Waals surface area contributed by atoms with Crippen molar-refractivity contribution in [3.63, 3.8) is 0 Å². The monoisotopic (exact) mass is 447 g/mol. The number of halogens is 1. The molecular formula is C22H26FN3O4S. The lowest BCUT2D eigenvalue weighted by Gasteiger charge is -2.38. The van der Waals surface area contributed by atoms with Gasteiger partial charge in [0.1, 0.15) is 17.6 Å². The Labute approximate surface area is 181 Å². The Morgan fingerprint density at radius 3 is 2.19 bits per heavy atom. The number of sulfonamides is 1. The zero-order valence-corrected chi connectivity index (χ0v) is 18.1. The third kappa shape index (κ3) is 4.89. The Kier molecular flexibility index (Phi) is 6.27. The van der Waals surface area contributed by atoms with E-state index in [1.807, 2.05) is 4.90 Å². The minimum Gasteiger partial charge on any atom is -0.497 e. The van der Waals surface area contributed by atoms with Gasteiger partial charge in [-0.25, -0.2) is 12.8 Å². The molecule has 1 unspecified atom stereocenters. The first kappa shape index (κ1) is 21.7. The molecule has 9 heteroatoms. The Morgan fingerprint density at radius 1 is 1.03 bits per heavy atom. The molecule has 4 rings (SSSR count). The Hall–Kier alpha value is -2.49. The topological polar surface area (TPSA) is 79.0 Å². The minimum absolute atomic E-state index is 0.124. The van der Waals surface area contributed by atoms with Crippen LogP contribution in [0.5, 0.6) is 5.75 Å². The Bertz CT molecular complexity index is 1020. The number of benzene rings is 2. The van der Waals surface area contributed by atoms with Gasteiger partial charge in [-0.15, -0.1) is 0 Å². The number of ether oxygens (including phenoxy) is 1. The fraction of sp³-hybridized carbons (Fsp3) is 0.409. The number of amides is 1. The van der Waals surface area contributed by atoms with Crippen molar-refractivity contribution >= 4 is 15.9 Å². The van der Waals surface area contributed by atoms with E-state index >= 15 is 0 Å². The van der Waals surface area contributed by atoms with Gasteiger partial charge in [-0.2, -0.15) is 4.31 Å². The molecule has 0 radical (unpaired) electrons. The highest BCUT2D eigenvalue weighted by atomic mass is 32.2. The number of carbonyl (C=O) groups excluding carboxylic acids is 1. The summed E-state index contributed by atoms with van der Waals surface area (Å²) in [5.41, 5.74) is 0.700. The van der Waals surface area contributed by atoms with Crippen LogP contribution in [0.1, 0.15) is 24.4 Å². The van der Waals surface area contributed by atoms with Crippen LogP contribution in [0.15, 0.2) is 53.4 Å². The van der Waals surface area contributed by atoms with Crippen molar-refractivity contribution < 1.29 is 22.3 Å². The molecular weight excluding hydrogens is 421 g/mol. The highest BCUT2D eigenvalue weighted by Crippen LogP contribution is 2.28. The molecule has 2 aliphatic rings. The number of nitrogens with zero attached hydrogens (tertiary/aromatic N) is 2. The van der Waals surface area contributed by atoms with Gasteiger partial charge in [-0.05, 0) is 54.8 Å². The van der Waals surface area contributed by atoms with Crippen LogP contribution in [0.25, 0.3) is 0 Å². The van der Waals surface area contributed by atoms with Crippen molar-refractivity contribution in [3.05, 3.63) is 59.9 Å². The zero-order chi connectivity index (χ0) is 22.0.